The summed E-state index contributed by atoms with van der Waals surface area (Å²) < 4.78 is 0. The summed E-state index contributed by atoms with van der Waals surface area (Å²) in [5, 5.41) is 15.2. The Morgan fingerprint density at radius 1 is 1.40 bits per heavy atom. The van der Waals surface area contributed by atoms with Gasteiger partial charge in [0.15, 0.2) is 0 Å². The predicted molar refractivity (Wildman–Crippen MR) is 60.6 cm³/mol. The molecule has 0 aliphatic heterocycles. The number of pyridine rings is 1. The van der Waals surface area contributed by atoms with Crippen molar-refractivity contribution in [2.24, 2.45) is 0 Å². The minimum atomic E-state index is 0.591. The topological polar surface area (TPSA) is 60.7 Å². The van der Waals surface area contributed by atoms with Crippen LogP contribution in [-0.2, 0) is 0 Å². The average Bonchev–Trinajstić information content (AvgIpc) is 2.29. The monoisotopic (exact) mass is 204 g/mol. The largest absolute Gasteiger partial charge is 0.368 e. The van der Waals surface area contributed by atoms with E-state index >= 15 is 0 Å². The summed E-state index contributed by atoms with van der Waals surface area (Å²) >= 11 is 0. The quantitative estimate of drug-likeness (QED) is 0.687. The normalized spacial score (nSPS) is 9.60. The second kappa shape index (κ2) is 6.80. The van der Waals surface area contributed by atoms with Gasteiger partial charge < -0.3 is 10.6 Å². The van der Waals surface area contributed by atoms with Crippen LogP contribution in [0.4, 0.5) is 5.82 Å². The van der Waals surface area contributed by atoms with Crippen molar-refractivity contribution >= 4 is 5.82 Å². The van der Waals surface area contributed by atoms with Crippen molar-refractivity contribution in [1.29, 1.82) is 5.26 Å². The summed E-state index contributed by atoms with van der Waals surface area (Å²) in [5.41, 5.74) is 0.591. The molecule has 0 fully saturated rings. The molecule has 0 aliphatic carbocycles. The summed E-state index contributed by atoms with van der Waals surface area (Å²) in [7, 11) is 0. The first-order valence-corrected chi connectivity index (χ1v) is 5.18. The molecule has 0 radical (unpaired) electrons. The maximum Gasteiger partial charge on any atom is 0.143 e. The van der Waals surface area contributed by atoms with Gasteiger partial charge in [0.25, 0.3) is 0 Å². The highest BCUT2D eigenvalue weighted by molar-refractivity contribution is 5.51. The minimum Gasteiger partial charge on any atom is -0.368 e. The van der Waals surface area contributed by atoms with Gasteiger partial charge in [-0.3, -0.25) is 0 Å². The molecule has 0 aromatic carbocycles. The highest BCUT2D eigenvalue weighted by atomic mass is 15.0. The summed E-state index contributed by atoms with van der Waals surface area (Å²) in [6.45, 7) is 4.82. The van der Waals surface area contributed by atoms with Gasteiger partial charge in [-0.05, 0) is 25.1 Å². The Morgan fingerprint density at radius 2 is 2.27 bits per heavy atom. The van der Waals surface area contributed by atoms with E-state index < -0.39 is 0 Å². The van der Waals surface area contributed by atoms with Crippen LogP contribution in [0.2, 0.25) is 0 Å². The zero-order chi connectivity index (χ0) is 10.9. The van der Waals surface area contributed by atoms with Crippen LogP contribution in [0.15, 0.2) is 18.3 Å². The molecular formula is C11H16N4. The zero-order valence-corrected chi connectivity index (χ0v) is 8.95. The van der Waals surface area contributed by atoms with Crippen LogP contribution < -0.4 is 10.6 Å². The maximum absolute atomic E-state index is 8.81. The molecule has 4 heteroatoms. The Morgan fingerprint density at radius 3 is 3.00 bits per heavy atom. The van der Waals surface area contributed by atoms with Crippen LogP contribution in [0.25, 0.3) is 0 Å². The van der Waals surface area contributed by atoms with E-state index in [0.29, 0.717) is 11.4 Å². The molecule has 80 valence electrons. The second-order valence-corrected chi connectivity index (χ2v) is 3.19. The van der Waals surface area contributed by atoms with E-state index in [1.165, 1.54) is 0 Å². The van der Waals surface area contributed by atoms with Crippen LogP contribution in [0.3, 0.4) is 0 Å². The average molecular weight is 204 g/mol. The molecule has 1 rings (SSSR count). The molecule has 0 aliphatic rings. The van der Waals surface area contributed by atoms with Crippen molar-refractivity contribution in [2.75, 3.05) is 25.0 Å². The lowest BCUT2D eigenvalue weighted by atomic mass is 10.3. The molecule has 15 heavy (non-hydrogen) atoms. The third kappa shape index (κ3) is 3.96. The Kier molecular flexibility index (Phi) is 5.20. The lowest BCUT2D eigenvalue weighted by Crippen LogP contribution is -2.23. The zero-order valence-electron chi connectivity index (χ0n) is 8.95. The number of nitrogens with one attached hydrogen (secondary N) is 2. The molecule has 0 saturated heterocycles. The molecule has 1 aromatic heterocycles. The number of rotatable bonds is 6. The Hall–Kier alpha value is -1.60. The summed E-state index contributed by atoms with van der Waals surface area (Å²) in [6.07, 6.45) is 2.82. The third-order valence-electron chi connectivity index (χ3n) is 1.95. The molecule has 2 N–H and O–H groups in total. The fourth-order valence-corrected chi connectivity index (χ4v) is 1.21. The molecule has 0 amide bonds. The Bertz CT molecular complexity index is 330. The van der Waals surface area contributed by atoms with Gasteiger partial charge in [0.1, 0.15) is 11.9 Å². The van der Waals surface area contributed by atoms with Crippen LogP contribution in [0.5, 0.6) is 0 Å². The number of hydrogen-bond donors (Lipinski definition) is 2. The fraction of sp³-hybridized carbons (Fsp3) is 0.455. The van der Waals surface area contributed by atoms with Crippen LogP contribution in [0.1, 0.15) is 18.9 Å². The standard InChI is InChI=1S/C11H16N4/c1-2-5-13-7-8-15-11-10(9-12)4-3-6-14-11/h3-4,6,13H,2,5,7-8H2,1H3,(H,14,15). The fourth-order valence-electron chi connectivity index (χ4n) is 1.21. The molecule has 1 heterocycles. The first-order valence-electron chi connectivity index (χ1n) is 5.18. The van der Waals surface area contributed by atoms with Crippen molar-refractivity contribution in [1.82, 2.24) is 10.3 Å². The van der Waals surface area contributed by atoms with Crippen molar-refractivity contribution in [3.63, 3.8) is 0 Å². The number of nitrogens with zero attached hydrogens (tertiary/aromatic N) is 2. The third-order valence-corrected chi connectivity index (χ3v) is 1.95. The van der Waals surface area contributed by atoms with Gasteiger partial charge in [-0.25, -0.2) is 4.98 Å². The number of nitriles is 1. The molecule has 0 atom stereocenters. The smallest absolute Gasteiger partial charge is 0.143 e. The van der Waals surface area contributed by atoms with Gasteiger partial charge in [0.2, 0.25) is 0 Å². The minimum absolute atomic E-state index is 0.591. The summed E-state index contributed by atoms with van der Waals surface area (Å²) in [4.78, 5) is 4.11. The number of aromatic nitrogens is 1. The van der Waals surface area contributed by atoms with Gasteiger partial charge >= 0.3 is 0 Å². The lowest BCUT2D eigenvalue weighted by molar-refractivity contribution is 0.687. The molecular weight excluding hydrogens is 188 g/mol. The predicted octanol–water partition coefficient (Wildman–Crippen LogP) is 1.36. The van der Waals surface area contributed by atoms with Crippen LogP contribution in [-0.4, -0.2) is 24.6 Å². The molecule has 1 aromatic rings. The van der Waals surface area contributed by atoms with E-state index in [9.17, 15) is 0 Å². The van der Waals surface area contributed by atoms with Crippen LogP contribution >= 0.6 is 0 Å². The Balaban J connectivity index is 2.34. The van der Waals surface area contributed by atoms with Crippen LogP contribution in [0, 0.1) is 11.3 Å². The van der Waals surface area contributed by atoms with Gasteiger partial charge in [-0.15, -0.1) is 0 Å². The van der Waals surface area contributed by atoms with Gasteiger partial charge in [0, 0.05) is 19.3 Å². The molecule has 4 nitrogen and oxygen atoms in total. The second-order valence-electron chi connectivity index (χ2n) is 3.19. The first kappa shape index (κ1) is 11.5. The van der Waals surface area contributed by atoms with Crippen molar-refractivity contribution in [3.8, 4) is 6.07 Å². The first-order chi connectivity index (χ1) is 7.38. The van der Waals surface area contributed by atoms with Gasteiger partial charge in [-0.1, -0.05) is 6.92 Å². The molecule has 0 bridgehead atoms. The van der Waals surface area contributed by atoms with E-state index in [4.69, 9.17) is 5.26 Å². The van der Waals surface area contributed by atoms with E-state index in [2.05, 4.69) is 28.6 Å². The molecule has 0 saturated carbocycles. The highest BCUT2D eigenvalue weighted by Gasteiger charge is 1.99. The van der Waals surface area contributed by atoms with Crippen molar-refractivity contribution in [3.05, 3.63) is 23.9 Å². The van der Waals surface area contributed by atoms with Gasteiger partial charge in [-0.2, -0.15) is 5.26 Å². The van der Waals surface area contributed by atoms with E-state index in [1.54, 1.807) is 18.3 Å². The van der Waals surface area contributed by atoms with Crippen molar-refractivity contribution in [2.45, 2.75) is 13.3 Å². The maximum atomic E-state index is 8.81. The number of anilines is 1. The van der Waals surface area contributed by atoms with Gasteiger partial charge in [0.05, 0.1) is 5.56 Å². The Labute approximate surface area is 90.3 Å². The summed E-state index contributed by atoms with van der Waals surface area (Å²) in [6, 6.07) is 5.62. The van der Waals surface area contributed by atoms with Crippen molar-refractivity contribution < 1.29 is 0 Å². The van der Waals surface area contributed by atoms with E-state index in [-0.39, 0.29) is 0 Å². The SMILES string of the molecule is CCCNCCNc1ncccc1C#N. The van der Waals surface area contributed by atoms with E-state index in [1.807, 2.05) is 0 Å². The highest BCUT2D eigenvalue weighted by Crippen LogP contribution is 2.08. The summed E-state index contributed by atoms with van der Waals surface area (Å²) in [5.74, 6) is 0.665. The van der Waals surface area contributed by atoms with E-state index in [0.717, 1.165) is 26.1 Å². The number of hydrogen-bond acceptors (Lipinski definition) is 4. The molecule has 0 unspecified atom stereocenters. The molecule has 0 spiro atoms. The lowest BCUT2D eigenvalue weighted by Gasteiger charge is -2.07.